The van der Waals surface area contributed by atoms with Gasteiger partial charge in [0.15, 0.2) is 6.10 Å². The predicted molar refractivity (Wildman–Crippen MR) is 107 cm³/mol. The van der Waals surface area contributed by atoms with Crippen molar-refractivity contribution in [1.29, 1.82) is 0 Å². The molecule has 0 bridgehead atoms. The maximum absolute atomic E-state index is 12.7. The molecule has 3 rings (SSSR count). The lowest BCUT2D eigenvalue weighted by Gasteiger charge is -2.18. The highest BCUT2D eigenvalue weighted by Gasteiger charge is 2.17. The molecule has 0 radical (unpaired) electrons. The molecule has 26 heavy (non-hydrogen) atoms. The first-order valence-corrected chi connectivity index (χ1v) is 8.74. The number of aryl methyl sites for hydroxylation is 2. The smallest absolute Gasteiger partial charge is 0.265 e. The van der Waals surface area contributed by atoms with Crippen LogP contribution in [0.25, 0.3) is 11.1 Å². The molecule has 0 aliphatic heterocycles. The number of nitrogens with one attached hydrogen (secondary N) is 1. The predicted octanol–water partition coefficient (Wildman–Crippen LogP) is 5.38. The van der Waals surface area contributed by atoms with E-state index in [-0.39, 0.29) is 5.91 Å². The Morgan fingerprint density at radius 1 is 0.923 bits per heavy atom. The number of carbonyl (C=O) groups is 1. The average Bonchev–Trinajstić information content (AvgIpc) is 2.66. The first-order valence-electron chi connectivity index (χ1n) is 8.74. The van der Waals surface area contributed by atoms with Crippen molar-refractivity contribution in [3.63, 3.8) is 0 Å². The van der Waals surface area contributed by atoms with E-state index >= 15 is 0 Å². The Balaban J connectivity index is 1.77. The Bertz CT molecular complexity index is 903. The third kappa shape index (κ3) is 4.12. The van der Waals surface area contributed by atoms with Crippen molar-refractivity contribution in [3.05, 3.63) is 83.9 Å². The SMILES string of the molecule is Cc1ccc(C)c(O[C@H](C)C(=O)Nc2ccccc2-c2ccccc2)c1. The molecule has 3 nitrogen and oxygen atoms in total. The van der Waals surface area contributed by atoms with E-state index in [2.05, 4.69) is 5.32 Å². The molecule has 0 saturated heterocycles. The van der Waals surface area contributed by atoms with Gasteiger partial charge in [0.2, 0.25) is 0 Å². The molecule has 1 atom stereocenters. The van der Waals surface area contributed by atoms with E-state index < -0.39 is 6.10 Å². The van der Waals surface area contributed by atoms with E-state index in [1.807, 2.05) is 86.6 Å². The second kappa shape index (κ2) is 7.87. The van der Waals surface area contributed by atoms with Crippen LogP contribution in [0.5, 0.6) is 5.75 Å². The maximum atomic E-state index is 12.7. The van der Waals surface area contributed by atoms with Gasteiger partial charge >= 0.3 is 0 Å². The molecule has 0 heterocycles. The highest BCUT2D eigenvalue weighted by Crippen LogP contribution is 2.28. The minimum absolute atomic E-state index is 0.172. The molecule has 0 aromatic heterocycles. The van der Waals surface area contributed by atoms with Gasteiger partial charge in [0.25, 0.3) is 5.91 Å². The number of benzene rings is 3. The Morgan fingerprint density at radius 3 is 2.38 bits per heavy atom. The van der Waals surface area contributed by atoms with Crippen molar-refractivity contribution < 1.29 is 9.53 Å². The van der Waals surface area contributed by atoms with E-state index in [9.17, 15) is 4.79 Å². The first-order chi connectivity index (χ1) is 12.5. The van der Waals surface area contributed by atoms with Gasteiger partial charge in [0.05, 0.1) is 0 Å². The molecular weight excluding hydrogens is 322 g/mol. The van der Waals surface area contributed by atoms with Crippen molar-refractivity contribution in [2.24, 2.45) is 0 Å². The van der Waals surface area contributed by atoms with Gasteiger partial charge in [-0.2, -0.15) is 0 Å². The zero-order valence-corrected chi connectivity index (χ0v) is 15.3. The molecule has 0 fully saturated rings. The highest BCUT2D eigenvalue weighted by atomic mass is 16.5. The zero-order chi connectivity index (χ0) is 18.5. The average molecular weight is 345 g/mol. The van der Waals surface area contributed by atoms with Crippen LogP contribution in [0, 0.1) is 13.8 Å². The van der Waals surface area contributed by atoms with E-state index in [4.69, 9.17) is 4.74 Å². The van der Waals surface area contributed by atoms with Gasteiger partial charge in [-0.3, -0.25) is 4.79 Å². The van der Waals surface area contributed by atoms with E-state index in [0.717, 1.165) is 33.7 Å². The summed E-state index contributed by atoms with van der Waals surface area (Å²) in [5.74, 6) is 0.568. The zero-order valence-electron chi connectivity index (χ0n) is 15.3. The molecule has 0 aliphatic rings. The molecule has 3 heteroatoms. The summed E-state index contributed by atoms with van der Waals surface area (Å²) < 4.78 is 5.89. The van der Waals surface area contributed by atoms with Gasteiger partial charge in [0, 0.05) is 11.3 Å². The molecule has 1 N–H and O–H groups in total. The molecule has 0 aliphatic carbocycles. The molecule has 1 amide bonds. The van der Waals surface area contributed by atoms with Crippen LogP contribution in [0.15, 0.2) is 72.8 Å². The van der Waals surface area contributed by atoms with Crippen LogP contribution in [0.1, 0.15) is 18.1 Å². The normalized spacial score (nSPS) is 11.7. The van der Waals surface area contributed by atoms with Crippen molar-refractivity contribution in [2.75, 3.05) is 5.32 Å². The van der Waals surface area contributed by atoms with E-state index in [0.29, 0.717) is 0 Å². The Morgan fingerprint density at radius 2 is 1.62 bits per heavy atom. The van der Waals surface area contributed by atoms with Crippen molar-refractivity contribution in [1.82, 2.24) is 0 Å². The number of ether oxygens (including phenoxy) is 1. The number of rotatable bonds is 5. The van der Waals surface area contributed by atoms with Crippen LogP contribution in [-0.4, -0.2) is 12.0 Å². The molecular formula is C23H23NO2. The Labute approximate surface area is 154 Å². The van der Waals surface area contributed by atoms with Gasteiger partial charge in [-0.25, -0.2) is 0 Å². The fourth-order valence-electron chi connectivity index (χ4n) is 2.77. The van der Waals surface area contributed by atoms with Gasteiger partial charge in [-0.1, -0.05) is 60.7 Å². The number of carbonyl (C=O) groups excluding carboxylic acids is 1. The first kappa shape index (κ1) is 17.7. The lowest BCUT2D eigenvalue weighted by atomic mass is 10.0. The topological polar surface area (TPSA) is 38.3 Å². The van der Waals surface area contributed by atoms with Crippen LogP contribution in [0.2, 0.25) is 0 Å². The number of anilines is 1. The quantitative estimate of drug-likeness (QED) is 0.674. The Hall–Kier alpha value is -3.07. The second-order valence-corrected chi connectivity index (χ2v) is 6.43. The fourth-order valence-corrected chi connectivity index (χ4v) is 2.77. The lowest BCUT2D eigenvalue weighted by molar-refractivity contribution is -0.122. The van der Waals surface area contributed by atoms with Crippen LogP contribution < -0.4 is 10.1 Å². The number of para-hydroxylation sites is 1. The van der Waals surface area contributed by atoms with Crippen molar-refractivity contribution in [2.45, 2.75) is 26.9 Å². The highest BCUT2D eigenvalue weighted by molar-refractivity contribution is 5.98. The van der Waals surface area contributed by atoms with Gasteiger partial charge < -0.3 is 10.1 Å². The number of hydrogen-bond acceptors (Lipinski definition) is 2. The summed E-state index contributed by atoms with van der Waals surface area (Å²) >= 11 is 0. The third-order valence-electron chi connectivity index (χ3n) is 4.29. The molecule has 0 spiro atoms. The summed E-state index contributed by atoms with van der Waals surface area (Å²) in [5.41, 5.74) is 4.94. The standard InChI is InChI=1S/C23H23NO2/c1-16-13-14-17(2)22(15-16)26-18(3)23(25)24-21-12-8-7-11-20(21)19-9-5-4-6-10-19/h4-15,18H,1-3H3,(H,24,25)/t18-/m1/s1. The summed E-state index contributed by atoms with van der Waals surface area (Å²) in [5, 5.41) is 3.00. The van der Waals surface area contributed by atoms with Gasteiger partial charge in [0.1, 0.15) is 5.75 Å². The summed E-state index contributed by atoms with van der Waals surface area (Å²) in [6.07, 6.45) is -0.598. The van der Waals surface area contributed by atoms with Gasteiger partial charge in [-0.05, 0) is 49.6 Å². The second-order valence-electron chi connectivity index (χ2n) is 6.43. The summed E-state index contributed by atoms with van der Waals surface area (Å²) in [4.78, 5) is 12.7. The third-order valence-corrected chi connectivity index (χ3v) is 4.29. The summed E-state index contributed by atoms with van der Waals surface area (Å²) in [6, 6.07) is 23.8. The molecule has 3 aromatic rings. The van der Waals surface area contributed by atoms with Gasteiger partial charge in [-0.15, -0.1) is 0 Å². The van der Waals surface area contributed by atoms with Crippen molar-refractivity contribution in [3.8, 4) is 16.9 Å². The summed E-state index contributed by atoms with van der Waals surface area (Å²) in [7, 11) is 0. The van der Waals surface area contributed by atoms with Crippen LogP contribution in [-0.2, 0) is 4.79 Å². The Kier molecular flexibility index (Phi) is 5.37. The fraction of sp³-hybridized carbons (Fsp3) is 0.174. The van der Waals surface area contributed by atoms with Crippen LogP contribution in [0.4, 0.5) is 5.69 Å². The monoisotopic (exact) mass is 345 g/mol. The lowest BCUT2D eigenvalue weighted by Crippen LogP contribution is -2.30. The summed E-state index contributed by atoms with van der Waals surface area (Å²) in [6.45, 7) is 5.75. The van der Waals surface area contributed by atoms with E-state index in [1.54, 1.807) is 6.92 Å². The molecule has 132 valence electrons. The molecule has 0 unspecified atom stereocenters. The minimum Gasteiger partial charge on any atom is -0.481 e. The van der Waals surface area contributed by atoms with Crippen LogP contribution in [0.3, 0.4) is 0 Å². The largest absolute Gasteiger partial charge is 0.481 e. The number of hydrogen-bond donors (Lipinski definition) is 1. The van der Waals surface area contributed by atoms with E-state index in [1.165, 1.54) is 0 Å². The number of amides is 1. The minimum atomic E-state index is -0.598. The van der Waals surface area contributed by atoms with Crippen molar-refractivity contribution >= 4 is 11.6 Å². The van der Waals surface area contributed by atoms with Crippen LogP contribution >= 0.6 is 0 Å². The molecule has 0 saturated carbocycles. The molecule has 3 aromatic carbocycles. The maximum Gasteiger partial charge on any atom is 0.265 e.